The van der Waals surface area contributed by atoms with Gasteiger partial charge in [-0.2, -0.15) is 0 Å². The van der Waals surface area contributed by atoms with E-state index in [0.29, 0.717) is 0 Å². The lowest BCUT2D eigenvalue weighted by Crippen LogP contribution is -2.38. The fourth-order valence-electron chi connectivity index (χ4n) is 3.03. The Hall–Kier alpha value is -0.540. The molecular weight excluding hydrogens is 290 g/mol. The molecule has 2 atom stereocenters. The summed E-state index contributed by atoms with van der Waals surface area (Å²) >= 11 is 3.54. The number of hydrogen-bond acceptors (Lipinski definition) is 2. The number of methoxy groups -OCH3 is 1. The van der Waals surface area contributed by atoms with Gasteiger partial charge in [0.25, 0.3) is 0 Å². The molecule has 1 saturated heterocycles. The quantitative estimate of drug-likeness (QED) is 0.838. The Bertz CT molecular complexity index is 397. The topological polar surface area (TPSA) is 12.5 Å². The Balaban J connectivity index is 2.10. The Morgan fingerprint density at radius 2 is 1.94 bits per heavy atom. The zero-order valence-corrected chi connectivity index (χ0v) is 13.0. The SMILES string of the molecule is COc1ccc(Br)cc1CN1C[C@H](C)C[C@H](C)C1. The van der Waals surface area contributed by atoms with E-state index in [-0.39, 0.29) is 0 Å². The number of nitrogens with zero attached hydrogens (tertiary/aromatic N) is 1. The van der Waals surface area contributed by atoms with Crippen molar-refractivity contribution in [1.29, 1.82) is 0 Å². The molecule has 0 bridgehead atoms. The molecule has 1 aliphatic heterocycles. The molecule has 0 N–H and O–H groups in total. The first-order valence-corrected chi connectivity index (χ1v) is 7.42. The molecule has 1 fully saturated rings. The summed E-state index contributed by atoms with van der Waals surface area (Å²) in [7, 11) is 1.74. The molecule has 1 aliphatic rings. The predicted molar refractivity (Wildman–Crippen MR) is 78.9 cm³/mol. The van der Waals surface area contributed by atoms with E-state index in [4.69, 9.17) is 4.74 Å². The van der Waals surface area contributed by atoms with E-state index in [9.17, 15) is 0 Å². The molecule has 0 saturated carbocycles. The van der Waals surface area contributed by atoms with Crippen LogP contribution in [0.5, 0.6) is 5.75 Å². The van der Waals surface area contributed by atoms with E-state index in [1.807, 2.05) is 12.1 Å². The Morgan fingerprint density at radius 3 is 2.56 bits per heavy atom. The highest BCUT2D eigenvalue weighted by Crippen LogP contribution is 2.27. The number of rotatable bonds is 3. The number of piperidine rings is 1. The molecule has 3 heteroatoms. The summed E-state index contributed by atoms with van der Waals surface area (Å²) in [6.07, 6.45) is 1.35. The van der Waals surface area contributed by atoms with Gasteiger partial charge < -0.3 is 4.74 Å². The van der Waals surface area contributed by atoms with Gasteiger partial charge in [-0.05, 0) is 36.5 Å². The van der Waals surface area contributed by atoms with Crippen LogP contribution in [0.2, 0.25) is 0 Å². The first kappa shape index (κ1) is 13.9. The highest BCUT2D eigenvalue weighted by molar-refractivity contribution is 9.10. The molecule has 0 aromatic heterocycles. The van der Waals surface area contributed by atoms with Crippen LogP contribution in [0.4, 0.5) is 0 Å². The molecule has 1 aromatic rings. The third-order valence-corrected chi connectivity index (χ3v) is 4.07. The monoisotopic (exact) mass is 311 g/mol. The summed E-state index contributed by atoms with van der Waals surface area (Å²) in [6.45, 7) is 8.07. The van der Waals surface area contributed by atoms with Crippen molar-refractivity contribution in [1.82, 2.24) is 4.90 Å². The minimum atomic E-state index is 0.798. The van der Waals surface area contributed by atoms with E-state index in [2.05, 4.69) is 40.7 Å². The first-order chi connectivity index (χ1) is 8.58. The second-order valence-electron chi connectivity index (χ2n) is 5.60. The van der Waals surface area contributed by atoms with E-state index >= 15 is 0 Å². The molecule has 1 heterocycles. The minimum Gasteiger partial charge on any atom is -0.496 e. The van der Waals surface area contributed by atoms with Crippen LogP contribution in [0.1, 0.15) is 25.8 Å². The van der Waals surface area contributed by atoms with E-state index in [0.717, 1.165) is 28.6 Å². The second kappa shape index (κ2) is 6.07. The standard InChI is InChI=1S/C15H22BrNO/c1-11-6-12(2)9-17(8-11)10-13-7-14(16)4-5-15(13)18-3/h4-5,7,11-12H,6,8-10H2,1-3H3/t11-,12+. The fourth-order valence-corrected chi connectivity index (χ4v) is 3.44. The summed E-state index contributed by atoms with van der Waals surface area (Å²) in [4.78, 5) is 2.54. The minimum absolute atomic E-state index is 0.798. The van der Waals surface area contributed by atoms with Crippen LogP contribution in [0, 0.1) is 11.8 Å². The van der Waals surface area contributed by atoms with Gasteiger partial charge in [-0.3, -0.25) is 4.90 Å². The number of benzene rings is 1. The highest BCUT2D eigenvalue weighted by atomic mass is 79.9. The Kier molecular flexibility index (Phi) is 4.68. The van der Waals surface area contributed by atoms with Crippen LogP contribution in [0.3, 0.4) is 0 Å². The van der Waals surface area contributed by atoms with Crippen LogP contribution in [-0.2, 0) is 6.54 Å². The normalized spacial score (nSPS) is 25.1. The van der Waals surface area contributed by atoms with E-state index in [1.54, 1.807) is 7.11 Å². The average molecular weight is 312 g/mol. The second-order valence-corrected chi connectivity index (χ2v) is 6.51. The van der Waals surface area contributed by atoms with Gasteiger partial charge in [0.05, 0.1) is 7.11 Å². The van der Waals surface area contributed by atoms with Crippen molar-refractivity contribution in [2.45, 2.75) is 26.8 Å². The first-order valence-electron chi connectivity index (χ1n) is 6.63. The van der Waals surface area contributed by atoms with Crippen LogP contribution in [0.15, 0.2) is 22.7 Å². The third kappa shape index (κ3) is 3.48. The van der Waals surface area contributed by atoms with Gasteiger partial charge >= 0.3 is 0 Å². The lowest BCUT2D eigenvalue weighted by Gasteiger charge is -2.35. The van der Waals surface area contributed by atoms with Gasteiger partial charge in [-0.1, -0.05) is 29.8 Å². The van der Waals surface area contributed by atoms with Gasteiger partial charge in [-0.25, -0.2) is 0 Å². The Morgan fingerprint density at radius 1 is 1.28 bits per heavy atom. The number of halogens is 1. The summed E-state index contributed by atoms with van der Waals surface area (Å²) in [5.74, 6) is 2.59. The average Bonchev–Trinajstić information content (AvgIpc) is 2.27. The number of ether oxygens (including phenoxy) is 1. The molecule has 2 nitrogen and oxygen atoms in total. The third-order valence-electron chi connectivity index (χ3n) is 3.58. The maximum atomic E-state index is 5.45. The van der Waals surface area contributed by atoms with Crippen molar-refractivity contribution < 1.29 is 4.74 Å². The molecule has 2 rings (SSSR count). The number of likely N-dealkylation sites (tertiary alicyclic amines) is 1. The molecule has 100 valence electrons. The zero-order chi connectivity index (χ0) is 13.1. The van der Waals surface area contributed by atoms with Crippen LogP contribution in [0.25, 0.3) is 0 Å². The van der Waals surface area contributed by atoms with Crippen LogP contribution >= 0.6 is 15.9 Å². The summed E-state index contributed by atoms with van der Waals surface area (Å²) in [5, 5.41) is 0. The molecule has 18 heavy (non-hydrogen) atoms. The maximum Gasteiger partial charge on any atom is 0.123 e. The van der Waals surface area contributed by atoms with Gasteiger partial charge in [0.15, 0.2) is 0 Å². The fraction of sp³-hybridized carbons (Fsp3) is 0.600. The molecule has 0 amide bonds. The van der Waals surface area contributed by atoms with Gasteiger partial charge in [-0.15, -0.1) is 0 Å². The molecule has 1 aromatic carbocycles. The molecule has 0 unspecified atom stereocenters. The van der Waals surface area contributed by atoms with E-state index in [1.165, 1.54) is 25.1 Å². The Labute approximate surface area is 118 Å². The maximum absolute atomic E-state index is 5.45. The zero-order valence-electron chi connectivity index (χ0n) is 11.4. The van der Waals surface area contributed by atoms with Crippen molar-refractivity contribution >= 4 is 15.9 Å². The number of hydrogen-bond donors (Lipinski definition) is 0. The van der Waals surface area contributed by atoms with Gasteiger partial charge in [0, 0.05) is 29.7 Å². The summed E-state index contributed by atoms with van der Waals surface area (Å²) in [5.41, 5.74) is 1.27. The van der Waals surface area contributed by atoms with Gasteiger partial charge in [0.1, 0.15) is 5.75 Å². The molecule has 0 spiro atoms. The van der Waals surface area contributed by atoms with Crippen molar-refractivity contribution in [2.75, 3.05) is 20.2 Å². The van der Waals surface area contributed by atoms with Crippen LogP contribution < -0.4 is 4.74 Å². The van der Waals surface area contributed by atoms with Crippen molar-refractivity contribution in [3.05, 3.63) is 28.2 Å². The van der Waals surface area contributed by atoms with Crippen molar-refractivity contribution in [3.8, 4) is 5.75 Å². The molecular formula is C15H22BrNO. The molecule has 0 radical (unpaired) electrons. The summed E-state index contributed by atoms with van der Waals surface area (Å²) < 4.78 is 6.57. The highest BCUT2D eigenvalue weighted by Gasteiger charge is 2.22. The lowest BCUT2D eigenvalue weighted by molar-refractivity contribution is 0.133. The van der Waals surface area contributed by atoms with E-state index < -0.39 is 0 Å². The lowest BCUT2D eigenvalue weighted by atomic mass is 9.91. The van der Waals surface area contributed by atoms with Crippen LogP contribution in [-0.4, -0.2) is 25.1 Å². The largest absolute Gasteiger partial charge is 0.496 e. The smallest absolute Gasteiger partial charge is 0.123 e. The van der Waals surface area contributed by atoms with Crippen molar-refractivity contribution in [3.63, 3.8) is 0 Å². The predicted octanol–water partition coefficient (Wildman–Crippen LogP) is 3.94. The molecule has 0 aliphatic carbocycles. The summed E-state index contributed by atoms with van der Waals surface area (Å²) in [6, 6.07) is 6.24. The van der Waals surface area contributed by atoms with Gasteiger partial charge in [0.2, 0.25) is 0 Å². The van der Waals surface area contributed by atoms with Crippen molar-refractivity contribution in [2.24, 2.45) is 11.8 Å².